The van der Waals surface area contributed by atoms with Gasteiger partial charge in [0, 0.05) is 0 Å². The van der Waals surface area contributed by atoms with Crippen molar-refractivity contribution in [2.45, 2.75) is 18.1 Å². The minimum Gasteiger partial charge on any atom is -0.346 e. The Labute approximate surface area is 47.9 Å². The molecule has 2 atom stereocenters. The number of ether oxygens (including phenoxy) is 1. The van der Waals surface area contributed by atoms with Crippen molar-refractivity contribution < 1.29 is 4.74 Å². The zero-order chi connectivity index (χ0) is 5.49. The number of rotatable bonds is 1. The molecule has 40 valence electrons. The SMILES string of the molecule is C=CC1(Cl)OC1C. The van der Waals surface area contributed by atoms with Crippen molar-refractivity contribution in [2.24, 2.45) is 0 Å². The van der Waals surface area contributed by atoms with Crippen molar-refractivity contribution in [2.75, 3.05) is 0 Å². The molecule has 1 nitrogen and oxygen atoms in total. The van der Waals surface area contributed by atoms with E-state index in [4.69, 9.17) is 16.3 Å². The third-order valence-corrected chi connectivity index (χ3v) is 1.68. The second-order valence-electron chi connectivity index (χ2n) is 1.66. The maximum absolute atomic E-state index is 5.64. The smallest absolute Gasteiger partial charge is 0.186 e. The summed E-state index contributed by atoms with van der Waals surface area (Å²) < 4.78 is 4.90. The molecule has 7 heavy (non-hydrogen) atoms. The summed E-state index contributed by atoms with van der Waals surface area (Å²) in [6, 6.07) is 0. The summed E-state index contributed by atoms with van der Waals surface area (Å²) in [5.41, 5.74) is 0. The van der Waals surface area contributed by atoms with Gasteiger partial charge in [-0.3, -0.25) is 0 Å². The van der Waals surface area contributed by atoms with Gasteiger partial charge in [0.15, 0.2) is 5.06 Å². The molecule has 0 N–H and O–H groups in total. The van der Waals surface area contributed by atoms with Gasteiger partial charge in [-0.25, -0.2) is 0 Å². The van der Waals surface area contributed by atoms with Crippen molar-refractivity contribution in [3.63, 3.8) is 0 Å². The highest BCUT2D eigenvalue weighted by molar-refractivity contribution is 6.26. The second kappa shape index (κ2) is 1.23. The van der Waals surface area contributed by atoms with Crippen molar-refractivity contribution in [1.29, 1.82) is 0 Å². The predicted octanol–water partition coefficient (Wildman–Crippen LogP) is 1.53. The minimum atomic E-state index is -0.514. The summed E-state index contributed by atoms with van der Waals surface area (Å²) in [5.74, 6) is 0. The lowest BCUT2D eigenvalue weighted by molar-refractivity contribution is 0.384. The molecule has 0 spiro atoms. The van der Waals surface area contributed by atoms with Gasteiger partial charge in [0.05, 0.1) is 0 Å². The van der Waals surface area contributed by atoms with Gasteiger partial charge in [0.2, 0.25) is 0 Å². The van der Waals surface area contributed by atoms with Gasteiger partial charge in [-0.05, 0) is 13.0 Å². The highest BCUT2D eigenvalue weighted by atomic mass is 35.5. The number of halogens is 1. The van der Waals surface area contributed by atoms with Crippen molar-refractivity contribution >= 4 is 11.6 Å². The number of hydrogen-bond acceptors (Lipinski definition) is 1. The van der Waals surface area contributed by atoms with Gasteiger partial charge in [0.25, 0.3) is 0 Å². The van der Waals surface area contributed by atoms with Crippen LogP contribution < -0.4 is 0 Å². The van der Waals surface area contributed by atoms with Crippen LogP contribution in [0.1, 0.15) is 6.92 Å². The standard InChI is InChI=1S/C5H7ClO/c1-3-5(6)4(2)7-5/h3-4H,1H2,2H3. The highest BCUT2D eigenvalue weighted by Crippen LogP contribution is 2.40. The van der Waals surface area contributed by atoms with E-state index in [0.29, 0.717) is 0 Å². The molecule has 0 saturated carbocycles. The van der Waals surface area contributed by atoms with Gasteiger partial charge in [-0.2, -0.15) is 0 Å². The van der Waals surface area contributed by atoms with Crippen LogP contribution in [0.2, 0.25) is 0 Å². The van der Waals surface area contributed by atoms with Gasteiger partial charge in [0.1, 0.15) is 6.10 Å². The molecule has 0 amide bonds. The lowest BCUT2D eigenvalue weighted by Crippen LogP contribution is -1.95. The van der Waals surface area contributed by atoms with Crippen LogP contribution in [0.3, 0.4) is 0 Å². The monoisotopic (exact) mass is 118 g/mol. The summed E-state index contributed by atoms with van der Waals surface area (Å²) >= 11 is 5.64. The summed E-state index contributed by atoms with van der Waals surface area (Å²) in [6.07, 6.45) is 1.77. The van der Waals surface area contributed by atoms with Crippen LogP contribution >= 0.6 is 11.6 Å². The van der Waals surface area contributed by atoms with E-state index in [1.807, 2.05) is 6.92 Å². The van der Waals surface area contributed by atoms with E-state index in [1.165, 1.54) is 0 Å². The van der Waals surface area contributed by atoms with Crippen LogP contribution in [0.15, 0.2) is 12.7 Å². The molecule has 0 bridgehead atoms. The Morgan fingerprint density at radius 3 is 2.43 bits per heavy atom. The molecule has 1 aliphatic rings. The molecule has 0 radical (unpaired) electrons. The second-order valence-corrected chi connectivity index (χ2v) is 2.25. The zero-order valence-corrected chi connectivity index (χ0v) is 4.90. The van der Waals surface area contributed by atoms with E-state index in [0.717, 1.165) is 0 Å². The van der Waals surface area contributed by atoms with E-state index in [1.54, 1.807) is 6.08 Å². The first kappa shape index (κ1) is 5.13. The number of epoxide rings is 1. The third kappa shape index (κ3) is 0.663. The van der Waals surface area contributed by atoms with Crippen LogP contribution in [-0.2, 0) is 4.74 Å². The van der Waals surface area contributed by atoms with E-state index in [-0.39, 0.29) is 6.10 Å². The Balaban J connectivity index is 2.51. The number of hydrogen-bond donors (Lipinski definition) is 0. The topological polar surface area (TPSA) is 12.5 Å². The normalized spacial score (nSPS) is 48.6. The maximum atomic E-state index is 5.64. The molecule has 1 aliphatic heterocycles. The highest BCUT2D eigenvalue weighted by Gasteiger charge is 2.49. The first-order valence-corrected chi connectivity index (χ1v) is 2.57. The van der Waals surface area contributed by atoms with Crippen LogP contribution in [0.25, 0.3) is 0 Å². The first-order valence-electron chi connectivity index (χ1n) is 2.19. The molecule has 0 aliphatic carbocycles. The van der Waals surface area contributed by atoms with E-state index < -0.39 is 5.06 Å². The van der Waals surface area contributed by atoms with Crippen LogP contribution in [-0.4, -0.2) is 11.2 Å². The molecule has 1 rings (SSSR count). The Kier molecular flexibility index (Phi) is 0.906. The first-order chi connectivity index (χ1) is 3.19. The Bertz CT molecular complexity index is 102. The fourth-order valence-electron chi connectivity index (χ4n) is 0.451. The molecule has 2 unspecified atom stereocenters. The molecule has 0 aromatic heterocycles. The maximum Gasteiger partial charge on any atom is 0.186 e. The summed E-state index contributed by atoms with van der Waals surface area (Å²) in [4.78, 5) is 0. The van der Waals surface area contributed by atoms with Crippen LogP contribution in [0.5, 0.6) is 0 Å². The van der Waals surface area contributed by atoms with E-state index in [9.17, 15) is 0 Å². The molecule has 1 heterocycles. The fourth-order valence-corrected chi connectivity index (χ4v) is 0.585. The molecular weight excluding hydrogens is 112 g/mol. The Morgan fingerprint density at radius 1 is 2.00 bits per heavy atom. The van der Waals surface area contributed by atoms with Crippen molar-refractivity contribution in [3.8, 4) is 0 Å². The Morgan fingerprint density at radius 2 is 2.43 bits per heavy atom. The van der Waals surface area contributed by atoms with E-state index in [2.05, 4.69) is 6.58 Å². The summed E-state index contributed by atoms with van der Waals surface area (Å²) in [6.45, 7) is 5.40. The fraction of sp³-hybridized carbons (Fsp3) is 0.600. The van der Waals surface area contributed by atoms with Crippen LogP contribution in [0, 0.1) is 0 Å². The van der Waals surface area contributed by atoms with Crippen molar-refractivity contribution in [1.82, 2.24) is 0 Å². The summed E-state index contributed by atoms with van der Waals surface area (Å²) in [7, 11) is 0. The van der Waals surface area contributed by atoms with Gasteiger partial charge >= 0.3 is 0 Å². The minimum absolute atomic E-state index is 0.159. The average molecular weight is 119 g/mol. The van der Waals surface area contributed by atoms with Crippen molar-refractivity contribution in [3.05, 3.63) is 12.7 Å². The molecular formula is C5H7ClO. The van der Waals surface area contributed by atoms with Gasteiger partial charge in [-0.15, -0.1) is 0 Å². The average Bonchev–Trinajstić information content (AvgIpc) is 2.18. The van der Waals surface area contributed by atoms with E-state index >= 15 is 0 Å². The van der Waals surface area contributed by atoms with Crippen LogP contribution in [0.4, 0.5) is 0 Å². The van der Waals surface area contributed by atoms with Gasteiger partial charge < -0.3 is 4.74 Å². The number of alkyl halides is 1. The zero-order valence-electron chi connectivity index (χ0n) is 4.15. The third-order valence-electron chi connectivity index (χ3n) is 1.13. The van der Waals surface area contributed by atoms with Gasteiger partial charge in [-0.1, -0.05) is 18.2 Å². The lowest BCUT2D eigenvalue weighted by Gasteiger charge is -1.85. The molecule has 1 saturated heterocycles. The lowest BCUT2D eigenvalue weighted by atomic mass is 10.3. The molecule has 2 heteroatoms. The predicted molar refractivity (Wildman–Crippen MR) is 29.3 cm³/mol. The quantitative estimate of drug-likeness (QED) is 0.289. The largest absolute Gasteiger partial charge is 0.346 e. The Hall–Kier alpha value is -0.0100. The molecule has 0 aromatic carbocycles. The molecule has 0 aromatic rings. The molecule has 1 fully saturated rings. The summed E-state index contributed by atoms with van der Waals surface area (Å²) in [5, 5.41) is -0.514.